The average molecular weight is 326 g/mol. The van der Waals surface area contributed by atoms with Gasteiger partial charge in [0.25, 0.3) is 0 Å². The number of rotatable bonds is 5. The van der Waals surface area contributed by atoms with E-state index < -0.39 is 29.1 Å². The Morgan fingerprint density at radius 2 is 2.00 bits per heavy atom. The predicted molar refractivity (Wildman–Crippen MR) is 85.0 cm³/mol. The SMILES string of the molecule is C=CC[C@@]1(C(=O)O)CCCN1C(=O)CN(C)C(=O)OC(C)(C)C. The van der Waals surface area contributed by atoms with Gasteiger partial charge in [0.1, 0.15) is 17.7 Å². The minimum absolute atomic E-state index is 0.185. The fourth-order valence-corrected chi connectivity index (χ4v) is 2.70. The Kier molecular flexibility index (Phi) is 5.80. The van der Waals surface area contributed by atoms with E-state index in [1.54, 1.807) is 20.8 Å². The Morgan fingerprint density at radius 3 is 2.48 bits per heavy atom. The van der Waals surface area contributed by atoms with Crippen LogP contribution in [0.1, 0.15) is 40.0 Å². The molecule has 0 aliphatic carbocycles. The molecule has 1 rings (SSSR count). The summed E-state index contributed by atoms with van der Waals surface area (Å²) in [6.07, 6.45) is 2.08. The zero-order valence-electron chi connectivity index (χ0n) is 14.3. The first kappa shape index (κ1) is 19.0. The van der Waals surface area contributed by atoms with Crippen LogP contribution in [0.5, 0.6) is 0 Å². The molecule has 1 saturated heterocycles. The van der Waals surface area contributed by atoms with Crippen LogP contribution in [-0.4, -0.2) is 64.2 Å². The molecule has 1 N–H and O–H groups in total. The lowest BCUT2D eigenvalue weighted by Gasteiger charge is -2.35. The second-order valence-electron chi connectivity index (χ2n) is 6.81. The van der Waals surface area contributed by atoms with Crippen LogP contribution < -0.4 is 0 Å². The number of carboxylic acid groups (broad SMARTS) is 1. The molecule has 0 aromatic rings. The Labute approximate surface area is 136 Å². The van der Waals surface area contributed by atoms with Gasteiger partial charge in [0.15, 0.2) is 0 Å². The van der Waals surface area contributed by atoms with Gasteiger partial charge in [-0.25, -0.2) is 9.59 Å². The smallest absolute Gasteiger partial charge is 0.410 e. The third-order valence-electron chi connectivity index (χ3n) is 3.75. The van der Waals surface area contributed by atoms with Gasteiger partial charge in [-0.3, -0.25) is 4.79 Å². The largest absolute Gasteiger partial charge is 0.479 e. The summed E-state index contributed by atoms with van der Waals surface area (Å²) in [7, 11) is 1.46. The summed E-state index contributed by atoms with van der Waals surface area (Å²) in [4.78, 5) is 38.6. The quantitative estimate of drug-likeness (QED) is 0.779. The van der Waals surface area contributed by atoms with Crippen molar-refractivity contribution in [2.45, 2.75) is 51.2 Å². The molecule has 1 aliphatic heterocycles. The van der Waals surface area contributed by atoms with Crippen molar-refractivity contribution in [3.05, 3.63) is 12.7 Å². The zero-order valence-corrected chi connectivity index (χ0v) is 14.3. The number of carboxylic acids is 1. The molecular formula is C16H26N2O5. The number of carbonyl (C=O) groups is 3. The maximum Gasteiger partial charge on any atom is 0.410 e. The van der Waals surface area contributed by atoms with Crippen LogP contribution in [0.25, 0.3) is 0 Å². The number of likely N-dealkylation sites (tertiary alicyclic amines) is 1. The van der Waals surface area contributed by atoms with Crippen LogP contribution in [0.2, 0.25) is 0 Å². The van der Waals surface area contributed by atoms with E-state index in [0.717, 1.165) is 4.90 Å². The van der Waals surface area contributed by atoms with Crippen molar-refractivity contribution in [1.82, 2.24) is 9.80 Å². The molecule has 0 spiro atoms. The van der Waals surface area contributed by atoms with Crippen molar-refractivity contribution in [2.24, 2.45) is 0 Å². The van der Waals surface area contributed by atoms with Gasteiger partial charge in [-0.2, -0.15) is 0 Å². The third-order valence-corrected chi connectivity index (χ3v) is 3.75. The summed E-state index contributed by atoms with van der Waals surface area (Å²) < 4.78 is 5.19. The van der Waals surface area contributed by atoms with Crippen molar-refractivity contribution in [2.75, 3.05) is 20.1 Å². The molecular weight excluding hydrogens is 300 g/mol. The maximum absolute atomic E-state index is 12.5. The molecule has 0 radical (unpaired) electrons. The summed E-state index contributed by atoms with van der Waals surface area (Å²) >= 11 is 0. The highest BCUT2D eigenvalue weighted by molar-refractivity contribution is 5.90. The molecule has 1 atom stereocenters. The fourth-order valence-electron chi connectivity index (χ4n) is 2.70. The first-order valence-electron chi connectivity index (χ1n) is 7.62. The molecule has 2 amide bonds. The molecule has 1 heterocycles. The highest BCUT2D eigenvalue weighted by atomic mass is 16.6. The molecule has 0 unspecified atom stereocenters. The molecule has 0 aromatic heterocycles. The van der Waals surface area contributed by atoms with E-state index in [4.69, 9.17) is 4.74 Å². The number of amides is 2. The summed E-state index contributed by atoms with van der Waals surface area (Å²) in [5.41, 5.74) is -1.91. The van der Waals surface area contributed by atoms with E-state index in [0.29, 0.717) is 19.4 Å². The van der Waals surface area contributed by atoms with Gasteiger partial charge in [-0.1, -0.05) is 6.08 Å². The van der Waals surface area contributed by atoms with Crippen LogP contribution in [0.4, 0.5) is 4.79 Å². The Hall–Kier alpha value is -2.05. The van der Waals surface area contributed by atoms with Crippen LogP contribution >= 0.6 is 0 Å². The monoisotopic (exact) mass is 326 g/mol. The Bertz CT molecular complexity index is 497. The highest BCUT2D eigenvalue weighted by Crippen LogP contribution is 2.33. The summed E-state index contributed by atoms with van der Waals surface area (Å²) in [6.45, 7) is 8.94. The second kappa shape index (κ2) is 7.02. The van der Waals surface area contributed by atoms with Gasteiger partial charge in [-0.15, -0.1) is 6.58 Å². The van der Waals surface area contributed by atoms with E-state index in [1.165, 1.54) is 18.0 Å². The molecule has 7 heteroatoms. The number of aliphatic carboxylic acids is 1. The summed E-state index contributed by atoms with van der Waals surface area (Å²) in [5, 5.41) is 9.56. The van der Waals surface area contributed by atoms with Crippen LogP contribution in [0, 0.1) is 0 Å². The van der Waals surface area contributed by atoms with Gasteiger partial charge in [0, 0.05) is 13.6 Å². The summed E-state index contributed by atoms with van der Waals surface area (Å²) in [6, 6.07) is 0. The average Bonchev–Trinajstić information content (AvgIpc) is 2.82. The highest BCUT2D eigenvalue weighted by Gasteiger charge is 2.49. The molecule has 130 valence electrons. The van der Waals surface area contributed by atoms with Crippen LogP contribution in [0.3, 0.4) is 0 Å². The topological polar surface area (TPSA) is 87.2 Å². The van der Waals surface area contributed by atoms with E-state index in [1.807, 2.05) is 0 Å². The van der Waals surface area contributed by atoms with Crippen molar-refractivity contribution in [1.29, 1.82) is 0 Å². The van der Waals surface area contributed by atoms with Crippen molar-refractivity contribution < 1.29 is 24.2 Å². The molecule has 7 nitrogen and oxygen atoms in total. The lowest BCUT2D eigenvalue weighted by molar-refractivity contribution is -0.156. The van der Waals surface area contributed by atoms with E-state index >= 15 is 0 Å². The lowest BCUT2D eigenvalue weighted by Crippen LogP contribution is -2.55. The van der Waals surface area contributed by atoms with Crippen molar-refractivity contribution in [3.8, 4) is 0 Å². The first-order chi connectivity index (χ1) is 10.5. The normalized spacial score (nSPS) is 21.0. The second-order valence-corrected chi connectivity index (χ2v) is 6.81. The van der Waals surface area contributed by atoms with Gasteiger partial charge >= 0.3 is 12.1 Å². The Balaban J connectivity index is 2.81. The summed E-state index contributed by atoms with van der Waals surface area (Å²) in [5.74, 6) is -1.44. The standard InChI is InChI=1S/C16H26N2O5/c1-6-8-16(13(20)21)9-7-10-18(16)12(19)11-17(5)14(22)23-15(2,3)4/h6H,1,7-11H2,2-5H3,(H,20,21)/t16-/m0/s1. The maximum atomic E-state index is 12.5. The lowest BCUT2D eigenvalue weighted by atomic mass is 9.92. The van der Waals surface area contributed by atoms with E-state index in [9.17, 15) is 19.5 Å². The minimum atomic E-state index is -1.26. The molecule has 23 heavy (non-hydrogen) atoms. The van der Waals surface area contributed by atoms with Gasteiger partial charge in [-0.05, 0) is 40.0 Å². The van der Waals surface area contributed by atoms with Gasteiger partial charge in [0.2, 0.25) is 5.91 Å². The fraction of sp³-hybridized carbons (Fsp3) is 0.688. The molecule has 0 bridgehead atoms. The molecule has 1 fully saturated rings. The van der Waals surface area contributed by atoms with Crippen LogP contribution in [-0.2, 0) is 14.3 Å². The van der Waals surface area contributed by atoms with Crippen LogP contribution in [0.15, 0.2) is 12.7 Å². The number of nitrogens with zero attached hydrogens (tertiary/aromatic N) is 2. The van der Waals surface area contributed by atoms with Crippen molar-refractivity contribution >= 4 is 18.0 Å². The first-order valence-corrected chi connectivity index (χ1v) is 7.62. The number of hydrogen-bond donors (Lipinski definition) is 1. The number of carbonyl (C=O) groups excluding carboxylic acids is 2. The van der Waals surface area contributed by atoms with E-state index in [2.05, 4.69) is 6.58 Å². The van der Waals surface area contributed by atoms with Crippen molar-refractivity contribution in [3.63, 3.8) is 0 Å². The molecule has 0 aromatic carbocycles. The predicted octanol–water partition coefficient (Wildman–Crippen LogP) is 1.88. The van der Waals surface area contributed by atoms with Gasteiger partial charge in [0.05, 0.1) is 0 Å². The zero-order chi connectivity index (χ0) is 17.8. The molecule has 0 saturated carbocycles. The molecule has 1 aliphatic rings. The minimum Gasteiger partial charge on any atom is -0.479 e. The van der Waals surface area contributed by atoms with Gasteiger partial charge < -0.3 is 19.6 Å². The number of ether oxygens (including phenoxy) is 1. The number of likely N-dealkylation sites (N-methyl/N-ethyl adjacent to an activating group) is 1. The Morgan fingerprint density at radius 1 is 1.39 bits per heavy atom. The van der Waals surface area contributed by atoms with E-state index in [-0.39, 0.29) is 13.0 Å². The number of hydrogen-bond acceptors (Lipinski definition) is 4. The third kappa shape index (κ3) is 4.46.